The van der Waals surface area contributed by atoms with Crippen LogP contribution in [0.2, 0.25) is 15.1 Å². The molecule has 0 N–H and O–H groups in total. The minimum absolute atomic E-state index is 0.0217. The van der Waals surface area contributed by atoms with Crippen LogP contribution in [0.4, 0.5) is 8.78 Å². The van der Waals surface area contributed by atoms with Gasteiger partial charge in [-0.1, -0.05) is 53.9 Å². The average molecular weight is 492 g/mol. The maximum absolute atomic E-state index is 13.6. The number of ether oxygens (including phenoxy) is 1. The zero-order valence-corrected chi connectivity index (χ0v) is 18.9. The van der Waals surface area contributed by atoms with Crippen molar-refractivity contribution in [1.29, 1.82) is 0 Å². The quantitative estimate of drug-likeness (QED) is 0.281. The summed E-state index contributed by atoms with van der Waals surface area (Å²) in [6.45, 7) is 1.94. The molecule has 32 heavy (non-hydrogen) atoms. The van der Waals surface area contributed by atoms with E-state index in [0.717, 1.165) is 23.3 Å². The van der Waals surface area contributed by atoms with Crippen molar-refractivity contribution in [2.24, 2.45) is 0 Å². The van der Waals surface area contributed by atoms with Gasteiger partial charge < -0.3 is 4.74 Å². The van der Waals surface area contributed by atoms with Gasteiger partial charge in [-0.25, -0.2) is 8.78 Å². The van der Waals surface area contributed by atoms with Crippen LogP contribution in [-0.4, -0.2) is 9.97 Å². The fourth-order valence-electron chi connectivity index (χ4n) is 3.23. The SMILES string of the molecule is CCc1nc(Oc2ccc(F)c(F)c2)nc(-c2ccc(Cl)cc2Cl)c1-c1ccc(Cl)cc1. The van der Waals surface area contributed by atoms with Crippen molar-refractivity contribution >= 4 is 34.8 Å². The monoisotopic (exact) mass is 490 g/mol. The van der Waals surface area contributed by atoms with E-state index in [4.69, 9.17) is 39.5 Å². The van der Waals surface area contributed by atoms with Crippen molar-refractivity contribution in [1.82, 2.24) is 9.97 Å². The lowest BCUT2D eigenvalue weighted by Crippen LogP contribution is -2.03. The van der Waals surface area contributed by atoms with E-state index in [0.29, 0.717) is 38.4 Å². The third-order valence-corrected chi connectivity index (χ3v) is 5.52. The van der Waals surface area contributed by atoms with E-state index in [-0.39, 0.29) is 11.8 Å². The molecule has 3 aromatic carbocycles. The zero-order chi connectivity index (χ0) is 22.8. The largest absolute Gasteiger partial charge is 0.424 e. The summed E-state index contributed by atoms with van der Waals surface area (Å²) < 4.78 is 32.6. The van der Waals surface area contributed by atoms with E-state index in [1.54, 1.807) is 30.3 Å². The standard InChI is InChI=1S/C24H15Cl3F2N2O/c1-2-21-22(13-3-5-14(25)6-4-13)23(17-9-7-15(26)11-18(17)27)31-24(30-21)32-16-8-10-19(28)20(29)12-16/h3-12H,2H2,1H3. The summed E-state index contributed by atoms with van der Waals surface area (Å²) in [4.78, 5) is 9.10. The first-order valence-corrected chi connectivity index (χ1v) is 10.7. The molecule has 0 saturated heterocycles. The molecule has 0 radical (unpaired) electrons. The highest BCUT2D eigenvalue weighted by atomic mass is 35.5. The Labute approximate surface area is 198 Å². The number of aromatic nitrogens is 2. The summed E-state index contributed by atoms with van der Waals surface area (Å²) in [6.07, 6.45) is 0.548. The molecule has 0 aliphatic rings. The summed E-state index contributed by atoms with van der Waals surface area (Å²) in [5.74, 6) is -1.94. The molecule has 0 saturated carbocycles. The summed E-state index contributed by atoms with van der Waals surface area (Å²) in [6, 6.07) is 15.6. The fourth-order valence-corrected chi connectivity index (χ4v) is 3.85. The molecule has 4 aromatic rings. The Morgan fingerprint density at radius 1 is 0.812 bits per heavy atom. The van der Waals surface area contributed by atoms with E-state index in [2.05, 4.69) is 9.97 Å². The first kappa shape index (κ1) is 22.5. The van der Waals surface area contributed by atoms with Gasteiger partial charge in [0.15, 0.2) is 11.6 Å². The van der Waals surface area contributed by atoms with Crippen molar-refractivity contribution in [2.45, 2.75) is 13.3 Å². The highest BCUT2D eigenvalue weighted by molar-refractivity contribution is 6.36. The van der Waals surface area contributed by atoms with Gasteiger partial charge in [-0.2, -0.15) is 9.97 Å². The molecule has 162 valence electrons. The lowest BCUT2D eigenvalue weighted by molar-refractivity contribution is 0.430. The molecular formula is C24H15Cl3F2N2O. The second-order valence-corrected chi connectivity index (χ2v) is 8.12. The molecule has 1 aromatic heterocycles. The fraction of sp³-hybridized carbons (Fsp3) is 0.0833. The molecule has 0 aliphatic carbocycles. The van der Waals surface area contributed by atoms with Crippen LogP contribution in [0.3, 0.4) is 0 Å². The number of halogens is 5. The number of benzene rings is 3. The number of aryl methyl sites for hydroxylation is 1. The van der Waals surface area contributed by atoms with Crippen LogP contribution >= 0.6 is 34.8 Å². The molecule has 4 rings (SSSR count). The van der Waals surface area contributed by atoms with E-state index in [1.165, 1.54) is 6.07 Å². The van der Waals surface area contributed by atoms with Crippen LogP contribution in [-0.2, 0) is 6.42 Å². The molecule has 0 spiro atoms. The minimum atomic E-state index is -1.03. The van der Waals surface area contributed by atoms with Crippen LogP contribution in [0, 0.1) is 11.6 Å². The van der Waals surface area contributed by atoms with Crippen molar-refractivity contribution in [3.8, 4) is 34.1 Å². The zero-order valence-electron chi connectivity index (χ0n) is 16.7. The van der Waals surface area contributed by atoms with Crippen LogP contribution < -0.4 is 4.74 Å². The summed E-state index contributed by atoms with van der Waals surface area (Å²) >= 11 is 18.6. The lowest BCUT2D eigenvalue weighted by Gasteiger charge is -2.16. The molecule has 0 atom stereocenters. The van der Waals surface area contributed by atoms with Gasteiger partial charge in [-0.15, -0.1) is 0 Å². The molecule has 1 heterocycles. The Balaban J connectivity index is 1.92. The highest BCUT2D eigenvalue weighted by Gasteiger charge is 2.20. The second kappa shape index (κ2) is 9.41. The predicted molar refractivity (Wildman–Crippen MR) is 124 cm³/mol. The third kappa shape index (κ3) is 4.70. The molecule has 0 unspecified atom stereocenters. The second-order valence-electron chi connectivity index (χ2n) is 6.84. The van der Waals surface area contributed by atoms with E-state index < -0.39 is 11.6 Å². The molecule has 0 fully saturated rings. The normalized spacial score (nSPS) is 10.9. The predicted octanol–water partition coefficient (Wildman–Crippen LogP) is 8.40. The first-order chi connectivity index (χ1) is 15.4. The van der Waals surface area contributed by atoms with Crippen molar-refractivity contribution in [3.05, 3.63) is 93.1 Å². The average Bonchev–Trinajstić information content (AvgIpc) is 2.76. The summed E-state index contributed by atoms with van der Waals surface area (Å²) in [7, 11) is 0. The van der Waals surface area contributed by atoms with E-state index >= 15 is 0 Å². The summed E-state index contributed by atoms with van der Waals surface area (Å²) in [5, 5.41) is 1.47. The number of hydrogen-bond acceptors (Lipinski definition) is 3. The van der Waals surface area contributed by atoms with Crippen molar-refractivity contribution in [3.63, 3.8) is 0 Å². The van der Waals surface area contributed by atoms with Gasteiger partial charge in [0.2, 0.25) is 0 Å². The van der Waals surface area contributed by atoms with Gasteiger partial charge >= 0.3 is 6.01 Å². The Kier molecular flexibility index (Phi) is 6.60. The van der Waals surface area contributed by atoms with Gasteiger partial charge in [0.1, 0.15) is 5.75 Å². The van der Waals surface area contributed by atoms with Crippen LogP contribution in [0.15, 0.2) is 60.7 Å². The number of hydrogen-bond donors (Lipinski definition) is 0. The van der Waals surface area contributed by atoms with Gasteiger partial charge in [-0.05, 0) is 54.4 Å². The Morgan fingerprint density at radius 3 is 2.19 bits per heavy atom. The molecule has 0 amide bonds. The van der Waals surface area contributed by atoms with Gasteiger partial charge in [0.25, 0.3) is 0 Å². The Bertz CT molecular complexity index is 1300. The van der Waals surface area contributed by atoms with Crippen molar-refractivity contribution < 1.29 is 13.5 Å². The highest BCUT2D eigenvalue weighted by Crippen LogP contribution is 2.39. The maximum atomic E-state index is 13.6. The van der Waals surface area contributed by atoms with E-state index in [9.17, 15) is 8.78 Å². The minimum Gasteiger partial charge on any atom is -0.424 e. The molecular weight excluding hydrogens is 477 g/mol. The topological polar surface area (TPSA) is 35.0 Å². The van der Waals surface area contributed by atoms with E-state index in [1.807, 2.05) is 19.1 Å². The van der Waals surface area contributed by atoms with Crippen molar-refractivity contribution in [2.75, 3.05) is 0 Å². The van der Waals surface area contributed by atoms with Gasteiger partial charge in [0.05, 0.1) is 16.4 Å². The van der Waals surface area contributed by atoms with Gasteiger partial charge in [-0.3, -0.25) is 0 Å². The van der Waals surface area contributed by atoms with Gasteiger partial charge in [0, 0.05) is 27.2 Å². The molecule has 0 bridgehead atoms. The van der Waals surface area contributed by atoms with Crippen LogP contribution in [0.25, 0.3) is 22.4 Å². The number of rotatable bonds is 5. The lowest BCUT2D eigenvalue weighted by atomic mass is 9.96. The third-order valence-electron chi connectivity index (χ3n) is 4.72. The molecule has 0 aliphatic heterocycles. The molecule has 8 heteroatoms. The van der Waals surface area contributed by atoms with Crippen LogP contribution in [0.1, 0.15) is 12.6 Å². The Morgan fingerprint density at radius 2 is 1.53 bits per heavy atom. The Hall–Kier alpha value is -2.73. The summed E-state index contributed by atoms with van der Waals surface area (Å²) in [5.41, 5.74) is 3.41. The van der Waals surface area contributed by atoms with Crippen LogP contribution in [0.5, 0.6) is 11.8 Å². The smallest absolute Gasteiger partial charge is 0.322 e. The number of nitrogens with zero attached hydrogens (tertiary/aromatic N) is 2. The maximum Gasteiger partial charge on any atom is 0.322 e. The first-order valence-electron chi connectivity index (χ1n) is 9.61. The molecule has 3 nitrogen and oxygen atoms in total.